The predicted molar refractivity (Wildman–Crippen MR) is 117 cm³/mol. The van der Waals surface area contributed by atoms with E-state index in [4.69, 9.17) is 6.42 Å². The van der Waals surface area contributed by atoms with Crippen LogP contribution in [0.25, 0.3) is 11.0 Å². The van der Waals surface area contributed by atoms with Gasteiger partial charge in [0.05, 0.1) is 11.4 Å². The normalized spacial score (nSPS) is 24.9. The molecule has 1 saturated heterocycles. The standard InChI is InChI=1S/C24H25N5O/c1-5-17-6-7-18(10-15(17)2)21-24(13-29(21)16(3)30)11-19(12-24)28(4)23-20-8-9-25-22(20)26-14-27-23/h1,6-10,14,19,21H,11-13H2,2-4H3,(H,25,26,27). The highest BCUT2D eigenvalue weighted by Crippen LogP contribution is 2.61. The molecule has 2 fully saturated rings. The Morgan fingerprint density at radius 1 is 1.33 bits per heavy atom. The number of hydrogen-bond acceptors (Lipinski definition) is 4. The van der Waals surface area contributed by atoms with E-state index in [0.717, 1.165) is 47.4 Å². The topological polar surface area (TPSA) is 65.1 Å². The Morgan fingerprint density at radius 2 is 2.13 bits per heavy atom. The number of likely N-dealkylation sites (tertiary alicyclic amines) is 1. The molecule has 1 aliphatic carbocycles. The molecule has 0 bridgehead atoms. The number of H-pyrrole nitrogens is 1. The molecule has 1 aliphatic heterocycles. The molecule has 30 heavy (non-hydrogen) atoms. The number of rotatable bonds is 3. The summed E-state index contributed by atoms with van der Waals surface area (Å²) in [4.78, 5) is 28.5. The number of aromatic amines is 1. The van der Waals surface area contributed by atoms with Gasteiger partial charge in [0.2, 0.25) is 5.91 Å². The molecule has 1 spiro atoms. The molecular weight excluding hydrogens is 374 g/mol. The quantitative estimate of drug-likeness (QED) is 0.686. The number of terminal acetylenes is 1. The van der Waals surface area contributed by atoms with Crippen LogP contribution in [0, 0.1) is 24.7 Å². The number of carbonyl (C=O) groups is 1. The fourth-order valence-electron chi connectivity index (χ4n) is 5.40. The van der Waals surface area contributed by atoms with Gasteiger partial charge in [0.25, 0.3) is 0 Å². The van der Waals surface area contributed by atoms with E-state index >= 15 is 0 Å². The van der Waals surface area contributed by atoms with Gasteiger partial charge in [-0.2, -0.15) is 0 Å². The van der Waals surface area contributed by atoms with Gasteiger partial charge in [-0.05, 0) is 43.0 Å². The van der Waals surface area contributed by atoms with Crippen molar-refractivity contribution in [2.75, 3.05) is 18.5 Å². The zero-order valence-electron chi connectivity index (χ0n) is 17.5. The molecule has 152 valence electrons. The lowest BCUT2D eigenvalue weighted by Gasteiger charge is -2.66. The van der Waals surface area contributed by atoms with Crippen LogP contribution in [-0.4, -0.2) is 45.4 Å². The number of anilines is 1. The number of aromatic nitrogens is 3. The summed E-state index contributed by atoms with van der Waals surface area (Å²) in [6, 6.07) is 8.77. The summed E-state index contributed by atoms with van der Waals surface area (Å²) in [5, 5.41) is 1.04. The van der Waals surface area contributed by atoms with Gasteiger partial charge in [0.15, 0.2) is 0 Å². The first kappa shape index (κ1) is 18.7. The second-order valence-corrected chi connectivity index (χ2v) is 8.74. The highest BCUT2D eigenvalue weighted by Gasteiger charge is 2.61. The average Bonchev–Trinajstić information content (AvgIpc) is 3.14. The van der Waals surface area contributed by atoms with Crippen LogP contribution >= 0.6 is 0 Å². The van der Waals surface area contributed by atoms with E-state index in [1.165, 1.54) is 5.56 Å². The van der Waals surface area contributed by atoms with Crippen molar-refractivity contribution in [3.05, 3.63) is 53.5 Å². The minimum atomic E-state index is 0.114. The number of benzene rings is 1. The van der Waals surface area contributed by atoms with E-state index in [0.29, 0.717) is 6.04 Å². The van der Waals surface area contributed by atoms with E-state index in [2.05, 4.69) is 45.0 Å². The molecule has 1 amide bonds. The maximum atomic E-state index is 12.3. The van der Waals surface area contributed by atoms with Gasteiger partial charge in [-0.3, -0.25) is 4.79 Å². The molecule has 0 radical (unpaired) electrons. The number of nitrogens with zero attached hydrogens (tertiary/aromatic N) is 4. The molecular formula is C24H25N5O. The van der Waals surface area contributed by atoms with Crippen molar-refractivity contribution < 1.29 is 4.79 Å². The third kappa shape index (κ3) is 2.62. The van der Waals surface area contributed by atoms with Crippen molar-refractivity contribution in [2.24, 2.45) is 5.41 Å². The molecule has 3 heterocycles. The smallest absolute Gasteiger partial charge is 0.219 e. The van der Waals surface area contributed by atoms with E-state index in [9.17, 15) is 4.79 Å². The van der Waals surface area contributed by atoms with Crippen LogP contribution in [0.15, 0.2) is 36.8 Å². The van der Waals surface area contributed by atoms with Crippen molar-refractivity contribution in [1.29, 1.82) is 0 Å². The summed E-state index contributed by atoms with van der Waals surface area (Å²) < 4.78 is 0. The first-order chi connectivity index (χ1) is 14.4. The molecule has 5 rings (SSSR count). The van der Waals surface area contributed by atoms with Gasteiger partial charge in [-0.15, -0.1) is 6.42 Å². The Bertz CT molecular complexity index is 1180. The molecule has 3 aromatic rings. The van der Waals surface area contributed by atoms with Gasteiger partial charge in [0.1, 0.15) is 17.8 Å². The van der Waals surface area contributed by atoms with Gasteiger partial charge in [0, 0.05) is 43.7 Å². The van der Waals surface area contributed by atoms with Crippen LogP contribution in [0.4, 0.5) is 5.82 Å². The molecule has 1 saturated carbocycles. The van der Waals surface area contributed by atoms with E-state index in [-0.39, 0.29) is 17.4 Å². The van der Waals surface area contributed by atoms with Crippen molar-refractivity contribution in [2.45, 2.75) is 38.8 Å². The van der Waals surface area contributed by atoms with Crippen LogP contribution in [0.3, 0.4) is 0 Å². The Balaban J connectivity index is 1.40. The van der Waals surface area contributed by atoms with Gasteiger partial charge < -0.3 is 14.8 Å². The fourth-order valence-corrected chi connectivity index (χ4v) is 5.40. The molecule has 6 nitrogen and oxygen atoms in total. The lowest BCUT2D eigenvalue weighted by Crippen LogP contribution is -2.68. The van der Waals surface area contributed by atoms with E-state index in [1.54, 1.807) is 13.3 Å². The zero-order valence-corrected chi connectivity index (χ0v) is 17.5. The predicted octanol–water partition coefficient (Wildman–Crippen LogP) is 3.44. The number of amides is 1. The second-order valence-electron chi connectivity index (χ2n) is 8.74. The summed E-state index contributed by atoms with van der Waals surface area (Å²) in [5.74, 6) is 3.81. The van der Waals surface area contributed by atoms with Crippen LogP contribution in [-0.2, 0) is 4.79 Å². The van der Waals surface area contributed by atoms with E-state index < -0.39 is 0 Å². The maximum Gasteiger partial charge on any atom is 0.219 e. The molecule has 1 N–H and O–H groups in total. The summed E-state index contributed by atoms with van der Waals surface area (Å²) in [6.45, 7) is 4.52. The molecule has 2 aromatic heterocycles. The lowest BCUT2D eigenvalue weighted by atomic mass is 9.54. The minimum Gasteiger partial charge on any atom is -0.356 e. The fraction of sp³-hybridized carbons (Fsp3) is 0.375. The third-order valence-electron chi connectivity index (χ3n) is 7.00. The zero-order chi connectivity index (χ0) is 21.0. The number of aryl methyl sites for hydroxylation is 1. The number of nitrogens with one attached hydrogen (secondary N) is 1. The second kappa shape index (κ2) is 6.60. The first-order valence-corrected chi connectivity index (χ1v) is 10.3. The number of carbonyl (C=O) groups excluding carboxylic acids is 1. The lowest BCUT2D eigenvalue weighted by molar-refractivity contribution is -0.169. The first-order valence-electron chi connectivity index (χ1n) is 10.3. The highest BCUT2D eigenvalue weighted by molar-refractivity contribution is 5.87. The Kier molecular flexibility index (Phi) is 4.11. The Hall–Kier alpha value is -3.33. The van der Waals surface area contributed by atoms with Gasteiger partial charge in [-0.1, -0.05) is 18.1 Å². The van der Waals surface area contributed by atoms with Crippen molar-refractivity contribution in [3.8, 4) is 12.3 Å². The summed E-state index contributed by atoms with van der Waals surface area (Å²) in [7, 11) is 2.11. The molecule has 1 unspecified atom stereocenters. The van der Waals surface area contributed by atoms with Crippen molar-refractivity contribution >= 4 is 22.8 Å². The van der Waals surface area contributed by atoms with Crippen molar-refractivity contribution in [1.82, 2.24) is 19.9 Å². The van der Waals surface area contributed by atoms with Gasteiger partial charge >= 0.3 is 0 Å². The monoisotopic (exact) mass is 399 g/mol. The maximum absolute atomic E-state index is 12.3. The number of hydrogen-bond donors (Lipinski definition) is 1. The van der Waals surface area contributed by atoms with E-state index in [1.807, 2.05) is 30.2 Å². The summed E-state index contributed by atoms with van der Waals surface area (Å²) in [6.07, 6.45) is 11.2. The molecule has 1 atom stereocenters. The SMILES string of the molecule is C#Cc1ccc(C2N(C(C)=O)CC23CC(N(C)c2ncnc4[nH]ccc24)C3)cc1C. The molecule has 2 aliphatic rings. The third-order valence-corrected chi connectivity index (χ3v) is 7.00. The van der Waals surface area contributed by atoms with Gasteiger partial charge in [-0.25, -0.2) is 9.97 Å². The largest absolute Gasteiger partial charge is 0.356 e. The number of fused-ring (bicyclic) bond motifs is 1. The van der Waals surface area contributed by atoms with Crippen LogP contribution in [0.1, 0.15) is 42.5 Å². The molecule has 6 heteroatoms. The average molecular weight is 399 g/mol. The Morgan fingerprint density at radius 3 is 2.83 bits per heavy atom. The van der Waals surface area contributed by atoms with Crippen LogP contribution in [0.2, 0.25) is 0 Å². The Labute approximate surface area is 176 Å². The minimum absolute atomic E-state index is 0.114. The van der Waals surface area contributed by atoms with Crippen molar-refractivity contribution in [3.63, 3.8) is 0 Å². The molecule has 1 aromatic carbocycles. The summed E-state index contributed by atoms with van der Waals surface area (Å²) in [5.41, 5.74) is 4.16. The van der Waals surface area contributed by atoms with Crippen LogP contribution < -0.4 is 4.90 Å². The summed E-state index contributed by atoms with van der Waals surface area (Å²) >= 11 is 0. The van der Waals surface area contributed by atoms with Crippen LogP contribution in [0.5, 0.6) is 0 Å². The highest BCUT2D eigenvalue weighted by atomic mass is 16.2.